The van der Waals surface area contributed by atoms with Crippen LogP contribution in [0.1, 0.15) is 25.3 Å². The van der Waals surface area contributed by atoms with Crippen molar-refractivity contribution < 1.29 is 14.9 Å². The number of benzene rings is 1. The van der Waals surface area contributed by atoms with Crippen LogP contribution in [0.2, 0.25) is 0 Å². The monoisotopic (exact) mass is 224 g/mol. The average Bonchev–Trinajstić information content (AvgIpc) is 2.34. The number of aliphatic hydroxyl groups excluding tert-OH is 2. The third-order valence-corrected chi connectivity index (χ3v) is 2.37. The van der Waals surface area contributed by atoms with Crippen molar-refractivity contribution in [1.29, 1.82) is 0 Å². The molecule has 1 aromatic rings. The first kappa shape index (κ1) is 13.0. The number of rotatable bonds is 7. The molecule has 1 rings (SSSR count). The van der Waals surface area contributed by atoms with Gasteiger partial charge in [-0.05, 0) is 30.5 Å². The van der Waals surface area contributed by atoms with Crippen LogP contribution in [0, 0.1) is 0 Å². The Kier molecular flexibility index (Phi) is 5.90. The van der Waals surface area contributed by atoms with Crippen LogP contribution in [0.4, 0.5) is 0 Å². The molecule has 3 heteroatoms. The fourth-order valence-electron chi connectivity index (χ4n) is 1.42. The summed E-state index contributed by atoms with van der Waals surface area (Å²) in [6, 6.07) is 7.87. The van der Waals surface area contributed by atoms with Crippen molar-refractivity contribution in [3.05, 3.63) is 29.8 Å². The predicted molar refractivity (Wildman–Crippen MR) is 63.6 cm³/mol. The van der Waals surface area contributed by atoms with Gasteiger partial charge < -0.3 is 14.9 Å². The minimum atomic E-state index is -0.806. The lowest BCUT2D eigenvalue weighted by Crippen LogP contribution is -2.21. The predicted octanol–water partition coefficient (Wildman–Crippen LogP) is 1.76. The molecule has 16 heavy (non-hydrogen) atoms. The van der Waals surface area contributed by atoms with Gasteiger partial charge in [0.2, 0.25) is 0 Å². The Morgan fingerprint density at radius 2 is 2.19 bits per heavy atom. The van der Waals surface area contributed by atoms with Gasteiger partial charge in [0, 0.05) is 0 Å². The van der Waals surface area contributed by atoms with Crippen LogP contribution in [0.25, 0.3) is 0 Å². The van der Waals surface area contributed by atoms with Crippen molar-refractivity contribution in [1.82, 2.24) is 0 Å². The minimum Gasteiger partial charge on any atom is -0.491 e. The van der Waals surface area contributed by atoms with Crippen LogP contribution >= 0.6 is 0 Å². The van der Waals surface area contributed by atoms with Gasteiger partial charge in [0.05, 0.1) is 6.61 Å². The summed E-state index contributed by atoms with van der Waals surface area (Å²) >= 11 is 0. The highest BCUT2D eigenvalue weighted by Crippen LogP contribution is 2.15. The molecule has 0 aromatic heterocycles. The molecule has 0 aliphatic carbocycles. The molecule has 90 valence electrons. The number of hydrogen-bond donors (Lipinski definition) is 2. The summed E-state index contributed by atoms with van der Waals surface area (Å²) in [5.74, 6) is 0.751. The maximum Gasteiger partial charge on any atom is 0.119 e. The first-order valence-corrected chi connectivity index (χ1v) is 5.77. The molecule has 0 heterocycles. The lowest BCUT2D eigenvalue weighted by Gasteiger charge is -2.10. The normalized spacial score (nSPS) is 12.4. The number of aliphatic hydroxyl groups is 2. The molecule has 0 saturated carbocycles. The molecule has 0 amide bonds. The Labute approximate surface area is 96.7 Å². The third-order valence-electron chi connectivity index (χ3n) is 2.37. The van der Waals surface area contributed by atoms with E-state index in [1.54, 1.807) is 0 Å². The summed E-state index contributed by atoms with van der Waals surface area (Å²) in [5, 5.41) is 17.8. The molecule has 0 bridgehead atoms. The molecule has 0 aliphatic heterocycles. The van der Waals surface area contributed by atoms with E-state index in [-0.39, 0.29) is 13.2 Å². The van der Waals surface area contributed by atoms with E-state index in [1.807, 2.05) is 18.2 Å². The fraction of sp³-hybridized carbons (Fsp3) is 0.538. The zero-order valence-corrected chi connectivity index (χ0v) is 9.72. The second-order valence-corrected chi connectivity index (χ2v) is 3.90. The number of unbranched alkanes of at least 4 members (excludes halogenated alkanes) is 1. The third kappa shape index (κ3) is 4.64. The molecule has 3 nitrogen and oxygen atoms in total. The quantitative estimate of drug-likeness (QED) is 0.742. The molecular weight excluding hydrogens is 204 g/mol. The molecule has 0 spiro atoms. The summed E-state index contributed by atoms with van der Waals surface area (Å²) in [5.41, 5.74) is 1.25. The first-order chi connectivity index (χ1) is 7.76. The van der Waals surface area contributed by atoms with Gasteiger partial charge in [0.15, 0.2) is 0 Å². The van der Waals surface area contributed by atoms with Gasteiger partial charge in [-0.25, -0.2) is 0 Å². The largest absolute Gasteiger partial charge is 0.491 e. The molecule has 0 saturated heterocycles. The Hall–Kier alpha value is -1.06. The summed E-state index contributed by atoms with van der Waals surface area (Å²) < 4.78 is 5.37. The van der Waals surface area contributed by atoms with Crippen molar-refractivity contribution in [3.63, 3.8) is 0 Å². The van der Waals surface area contributed by atoms with E-state index >= 15 is 0 Å². The van der Waals surface area contributed by atoms with Gasteiger partial charge >= 0.3 is 0 Å². The summed E-state index contributed by atoms with van der Waals surface area (Å²) in [4.78, 5) is 0. The highest BCUT2D eigenvalue weighted by molar-refractivity contribution is 5.28. The maximum absolute atomic E-state index is 9.15. The van der Waals surface area contributed by atoms with Crippen LogP contribution < -0.4 is 4.74 Å². The second kappa shape index (κ2) is 7.25. The Balaban J connectivity index is 2.46. The van der Waals surface area contributed by atoms with Crippen molar-refractivity contribution in [2.45, 2.75) is 32.3 Å². The number of aryl methyl sites for hydroxylation is 1. The lowest BCUT2D eigenvalue weighted by molar-refractivity contribution is 0.0536. The summed E-state index contributed by atoms with van der Waals surface area (Å²) in [6.45, 7) is 2.03. The number of ether oxygens (including phenoxy) is 1. The van der Waals surface area contributed by atoms with Gasteiger partial charge in [-0.1, -0.05) is 25.5 Å². The highest BCUT2D eigenvalue weighted by Gasteiger charge is 2.03. The van der Waals surface area contributed by atoms with E-state index in [0.717, 1.165) is 12.2 Å². The van der Waals surface area contributed by atoms with Crippen LogP contribution in [-0.2, 0) is 6.42 Å². The van der Waals surface area contributed by atoms with Crippen molar-refractivity contribution in [3.8, 4) is 5.75 Å². The Morgan fingerprint density at radius 1 is 1.38 bits per heavy atom. The molecule has 0 aliphatic rings. The van der Waals surface area contributed by atoms with Crippen LogP contribution in [0.15, 0.2) is 24.3 Å². The van der Waals surface area contributed by atoms with Gasteiger partial charge in [0.1, 0.15) is 18.5 Å². The van der Waals surface area contributed by atoms with Crippen molar-refractivity contribution in [2.75, 3.05) is 13.2 Å². The van der Waals surface area contributed by atoms with E-state index < -0.39 is 6.10 Å². The second-order valence-electron chi connectivity index (χ2n) is 3.90. The van der Waals surface area contributed by atoms with Crippen LogP contribution in [0.3, 0.4) is 0 Å². The maximum atomic E-state index is 9.15. The molecule has 1 unspecified atom stereocenters. The minimum absolute atomic E-state index is 0.133. The standard InChI is InChI=1S/C13H20O3/c1-2-3-5-11-6-4-7-13(8-11)16-10-12(15)9-14/h4,6-8,12,14-15H,2-3,5,9-10H2,1H3. The van der Waals surface area contributed by atoms with Gasteiger partial charge in [0.25, 0.3) is 0 Å². The average molecular weight is 224 g/mol. The van der Waals surface area contributed by atoms with E-state index in [0.29, 0.717) is 0 Å². The molecule has 0 fully saturated rings. The topological polar surface area (TPSA) is 49.7 Å². The van der Waals surface area contributed by atoms with Crippen molar-refractivity contribution >= 4 is 0 Å². The molecule has 2 N–H and O–H groups in total. The van der Waals surface area contributed by atoms with E-state index in [9.17, 15) is 0 Å². The highest BCUT2D eigenvalue weighted by atomic mass is 16.5. The van der Waals surface area contributed by atoms with Gasteiger partial charge in [-0.3, -0.25) is 0 Å². The Bertz CT molecular complexity index is 299. The van der Waals surface area contributed by atoms with Gasteiger partial charge in [-0.2, -0.15) is 0 Å². The summed E-state index contributed by atoms with van der Waals surface area (Å²) in [7, 11) is 0. The van der Waals surface area contributed by atoms with E-state index in [1.165, 1.54) is 18.4 Å². The van der Waals surface area contributed by atoms with Gasteiger partial charge in [-0.15, -0.1) is 0 Å². The Morgan fingerprint density at radius 3 is 2.88 bits per heavy atom. The van der Waals surface area contributed by atoms with Crippen LogP contribution in [0.5, 0.6) is 5.75 Å². The molecule has 1 atom stereocenters. The zero-order chi connectivity index (χ0) is 11.8. The van der Waals surface area contributed by atoms with E-state index in [4.69, 9.17) is 14.9 Å². The summed E-state index contributed by atoms with van der Waals surface area (Å²) in [6.07, 6.45) is 2.59. The first-order valence-electron chi connectivity index (χ1n) is 5.77. The van der Waals surface area contributed by atoms with E-state index in [2.05, 4.69) is 13.0 Å². The van der Waals surface area contributed by atoms with Crippen molar-refractivity contribution in [2.24, 2.45) is 0 Å². The zero-order valence-electron chi connectivity index (χ0n) is 9.72. The smallest absolute Gasteiger partial charge is 0.119 e. The SMILES string of the molecule is CCCCc1cccc(OCC(O)CO)c1. The number of hydrogen-bond acceptors (Lipinski definition) is 3. The molecular formula is C13H20O3. The molecule has 0 radical (unpaired) electrons. The van der Waals surface area contributed by atoms with Crippen LogP contribution in [-0.4, -0.2) is 29.5 Å². The fourth-order valence-corrected chi connectivity index (χ4v) is 1.42. The molecule has 1 aromatic carbocycles. The lowest BCUT2D eigenvalue weighted by atomic mass is 10.1.